The van der Waals surface area contributed by atoms with Crippen molar-refractivity contribution in [2.45, 2.75) is 49.5 Å². The van der Waals surface area contributed by atoms with Gasteiger partial charge < -0.3 is 5.73 Å². The first kappa shape index (κ1) is 14.5. The maximum atomic E-state index is 12.3. The molecule has 106 valence electrons. The highest BCUT2D eigenvalue weighted by atomic mass is 32.2. The van der Waals surface area contributed by atoms with Gasteiger partial charge in [0.2, 0.25) is 10.0 Å². The van der Waals surface area contributed by atoms with E-state index in [0.29, 0.717) is 11.4 Å². The molecule has 0 aliphatic heterocycles. The van der Waals surface area contributed by atoms with E-state index in [1.165, 1.54) is 5.56 Å². The normalized spacial score (nSPS) is 18.0. The lowest BCUT2D eigenvalue weighted by atomic mass is 9.78. The Bertz CT molecular complexity index is 513. The maximum Gasteiger partial charge on any atom is 0.241 e. The number of hydrogen-bond donors (Lipinski definition) is 2. The van der Waals surface area contributed by atoms with Gasteiger partial charge >= 0.3 is 0 Å². The van der Waals surface area contributed by atoms with Gasteiger partial charge in [-0.05, 0) is 43.4 Å². The van der Waals surface area contributed by atoms with E-state index in [0.717, 1.165) is 32.1 Å². The molecule has 0 bridgehead atoms. The third-order valence-corrected chi connectivity index (χ3v) is 5.42. The van der Waals surface area contributed by atoms with E-state index in [2.05, 4.69) is 11.6 Å². The molecule has 1 aromatic rings. The fraction of sp³-hybridized carbons (Fsp3) is 0.571. The number of benzene rings is 1. The van der Waals surface area contributed by atoms with Gasteiger partial charge in [0.15, 0.2) is 0 Å². The summed E-state index contributed by atoms with van der Waals surface area (Å²) < 4.78 is 27.4. The van der Waals surface area contributed by atoms with Crippen LogP contribution in [0.3, 0.4) is 0 Å². The molecule has 1 fully saturated rings. The largest absolute Gasteiger partial charge is 0.329 e. The summed E-state index contributed by atoms with van der Waals surface area (Å²) in [6.45, 7) is 2.47. The third-order valence-electron chi connectivity index (χ3n) is 3.82. The van der Waals surface area contributed by atoms with Crippen molar-refractivity contribution in [2.24, 2.45) is 5.73 Å². The summed E-state index contributed by atoms with van der Waals surface area (Å²) in [7, 11) is -3.45. The van der Waals surface area contributed by atoms with Gasteiger partial charge in [0.1, 0.15) is 0 Å². The lowest BCUT2D eigenvalue weighted by Gasteiger charge is -2.41. The fourth-order valence-corrected chi connectivity index (χ4v) is 3.89. The molecule has 1 saturated carbocycles. The monoisotopic (exact) mass is 282 g/mol. The number of sulfonamides is 1. The number of nitrogens with one attached hydrogen (secondary N) is 1. The van der Waals surface area contributed by atoms with E-state index in [1.54, 1.807) is 12.1 Å². The molecule has 19 heavy (non-hydrogen) atoms. The smallest absolute Gasteiger partial charge is 0.241 e. The van der Waals surface area contributed by atoms with Gasteiger partial charge in [0, 0.05) is 12.1 Å². The van der Waals surface area contributed by atoms with Crippen LogP contribution in [0.2, 0.25) is 0 Å². The minimum Gasteiger partial charge on any atom is -0.329 e. The average Bonchev–Trinajstić information content (AvgIpc) is 2.35. The molecule has 2 rings (SSSR count). The summed E-state index contributed by atoms with van der Waals surface area (Å²) >= 11 is 0. The van der Waals surface area contributed by atoms with Crippen molar-refractivity contribution in [3.8, 4) is 0 Å². The molecular weight excluding hydrogens is 260 g/mol. The molecule has 1 aromatic carbocycles. The molecule has 5 heteroatoms. The van der Waals surface area contributed by atoms with Gasteiger partial charge in [-0.25, -0.2) is 13.1 Å². The second-order valence-corrected chi connectivity index (χ2v) is 7.02. The number of nitrogens with two attached hydrogens (primary N) is 1. The van der Waals surface area contributed by atoms with Crippen molar-refractivity contribution >= 4 is 10.0 Å². The Kier molecular flexibility index (Phi) is 4.28. The highest BCUT2D eigenvalue weighted by Crippen LogP contribution is 2.32. The SMILES string of the molecule is CCCc1ccc(S(=O)(=O)NC2(CN)CCC2)cc1. The molecule has 0 spiro atoms. The molecule has 0 amide bonds. The lowest BCUT2D eigenvalue weighted by Crippen LogP contribution is -2.58. The first-order chi connectivity index (χ1) is 9.01. The van der Waals surface area contributed by atoms with Crippen LogP contribution in [0.1, 0.15) is 38.2 Å². The van der Waals surface area contributed by atoms with E-state index < -0.39 is 15.6 Å². The zero-order valence-corrected chi connectivity index (χ0v) is 12.2. The van der Waals surface area contributed by atoms with E-state index in [-0.39, 0.29) is 0 Å². The number of aryl methyl sites for hydroxylation is 1. The van der Waals surface area contributed by atoms with Crippen molar-refractivity contribution < 1.29 is 8.42 Å². The second kappa shape index (κ2) is 5.61. The van der Waals surface area contributed by atoms with Crippen LogP contribution in [-0.4, -0.2) is 20.5 Å². The van der Waals surface area contributed by atoms with Gasteiger partial charge in [-0.2, -0.15) is 0 Å². The van der Waals surface area contributed by atoms with Crippen LogP contribution in [0.15, 0.2) is 29.2 Å². The predicted octanol–water partition coefficient (Wildman–Crippen LogP) is 1.80. The van der Waals surface area contributed by atoms with Crippen LogP contribution >= 0.6 is 0 Å². The molecule has 0 aromatic heterocycles. The Morgan fingerprint density at radius 1 is 1.26 bits per heavy atom. The van der Waals surface area contributed by atoms with Crippen LogP contribution in [0.4, 0.5) is 0 Å². The molecular formula is C14H22N2O2S. The molecule has 0 radical (unpaired) electrons. The van der Waals surface area contributed by atoms with Gasteiger partial charge in [-0.1, -0.05) is 25.5 Å². The summed E-state index contributed by atoms with van der Waals surface area (Å²) in [6, 6.07) is 7.12. The van der Waals surface area contributed by atoms with E-state index >= 15 is 0 Å². The molecule has 0 atom stereocenters. The number of hydrogen-bond acceptors (Lipinski definition) is 3. The Hall–Kier alpha value is -0.910. The molecule has 4 nitrogen and oxygen atoms in total. The molecule has 0 saturated heterocycles. The van der Waals surface area contributed by atoms with Crippen molar-refractivity contribution in [2.75, 3.05) is 6.54 Å². The highest BCUT2D eigenvalue weighted by molar-refractivity contribution is 7.89. The van der Waals surface area contributed by atoms with Gasteiger partial charge in [0.05, 0.1) is 4.90 Å². The number of rotatable bonds is 6. The molecule has 3 N–H and O–H groups in total. The van der Waals surface area contributed by atoms with Crippen LogP contribution in [0.25, 0.3) is 0 Å². The topological polar surface area (TPSA) is 72.2 Å². The Morgan fingerprint density at radius 2 is 1.89 bits per heavy atom. The van der Waals surface area contributed by atoms with Gasteiger partial charge in [-0.3, -0.25) is 0 Å². The summed E-state index contributed by atoms with van der Waals surface area (Å²) in [5.41, 5.74) is 6.44. The van der Waals surface area contributed by atoms with E-state index in [4.69, 9.17) is 5.73 Å². The van der Waals surface area contributed by atoms with Crippen LogP contribution < -0.4 is 10.5 Å². The van der Waals surface area contributed by atoms with Crippen molar-refractivity contribution in [1.82, 2.24) is 4.72 Å². The van der Waals surface area contributed by atoms with Crippen molar-refractivity contribution in [3.05, 3.63) is 29.8 Å². The zero-order chi connectivity index (χ0) is 13.9. The molecule has 1 aliphatic rings. The highest BCUT2D eigenvalue weighted by Gasteiger charge is 2.39. The average molecular weight is 282 g/mol. The molecule has 0 unspecified atom stereocenters. The second-order valence-electron chi connectivity index (χ2n) is 5.34. The van der Waals surface area contributed by atoms with Crippen LogP contribution in [0.5, 0.6) is 0 Å². The first-order valence-electron chi connectivity index (χ1n) is 6.84. The first-order valence-corrected chi connectivity index (χ1v) is 8.33. The minimum atomic E-state index is -3.45. The summed E-state index contributed by atoms with van der Waals surface area (Å²) in [6.07, 6.45) is 4.73. The van der Waals surface area contributed by atoms with Crippen LogP contribution in [0, 0.1) is 0 Å². The minimum absolute atomic E-state index is 0.326. The lowest BCUT2D eigenvalue weighted by molar-refractivity contribution is 0.230. The summed E-state index contributed by atoms with van der Waals surface area (Å²) in [5, 5.41) is 0. The van der Waals surface area contributed by atoms with Crippen molar-refractivity contribution in [3.63, 3.8) is 0 Å². The van der Waals surface area contributed by atoms with Crippen LogP contribution in [-0.2, 0) is 16.4 Å². The molecule has 1 aliphatic carbocycles. The van der Waals surface area contributed by atoms with Gasteiger partial charge in [-0.15, -0.1) is 0 Å². The predicted molar refractivity (Wildman–Crippen MR) is 76.4 cm³/mol. The third kappa shape index (κ3) is 3.16. The molecule has 0 heterocycles. The summed E-state index contributed by atoms with van der Waals surface area (Å²) in [4.78, 5) is 0.326. The Labute approximate surface area is 115 Å². The van der Waals surface area contributed by atoms with E-state index in [9.17, 15) is 8.42 Å². The van der Waals surface area contributed by atoms with Gasteiger partial charge in [0.25, 0.3) is 0 Å². The zero-order valence-electron chi connectivity index (χ0n) is 11.4. The standard InChI is InChI=1S/C14H22N2O2S/c1-2-4-12-5-7-13(8-6-12)19(17,18)16-14(11-15)9-3-10-14/h5-8,16H,2-4,9-11,15H2,1H3. The Balaban J connectivity index is 2.15. The summed E-state index contributed by atoms with van der Waals surface area (Å²) in [5.74, 6) is 0. The fourth-order valence-electron chi connectivity index (χ4n) is 2.42. The maximum absolute atomic E-state index is 12.3. The quantitative estimate of drug-likeness (QED) is 0.835. The Morgan fingerprint density at radius 3 is 2.32 bits per heavy atom. The van der Waals surface area contributed by atoms with E-state index in [1.807, 2.05) is 12.1 Å². The van der Waals surface area contributed by atoms with Crippen molar-refractivity contribution in [1.29, 1.82) is 0 Å².